The summed E-state index contributed by atoms with van der Waals surface area (Å²) in [4.78, 5) is 2.37. The lowest BCUT2D eigenvalue weighted by molar-refractivity contribution is 0.672. The van der Waals surface area contributed by atoms with Gasteiger partial charge in [-0.3, -0.25) is 0 Å². The molecule has 14 rings (SSSR count). The quantitative estimate of drug-likeness (QED) is 0.156. The summed E-state index contributed by atoms with van der Waals surface area (Å²) < 4.78 is 13.2. The first-order valence-corrected chi connectivity index (χ1v) is 22.9. The van der Waals surface area contributed by atoms with Gasteiger partial charge in [0.1, 0.15) is 22.3 Å². The summed E-state index contributed by atoms with van der Waals surface area (Å²) in [5, 5.41) is 14.1. The van der Waals surface area contributed by atoms with Crippen molar-refractivity contribution in [2.75, 3.05) is 4.90 Å². The Hall–Kier alpha value is -8.92. The van der Waals surface area contributed by atoms with Crippen molar-refractivity contribution >= 4 is 104 Å². The third-order valence-corrected chi connectivity index (χ3v) is 13.8. The molecular weight excluding hydrogens is 815 g/mol. The molecule has 0 amide bonds. The first-order chi connectivity index (χ1) is 33.2. The maximum absolute atomic E-state index is 6.63. The lowest BCUT2D eigenvalue weighted by atomic mass is 9.96. The van der Waals surface area contributed by atoms with Gasteiger partial charge in [-0.15, -0.1) is 0 Å². The molecule has 0 atom stereocenters. The Bertz CT molecular complexity index is 4270. The molecule has 0 aliphatic heterocycles. The SMILES string of the molecule is c1cc(-c2cccc3oc4c5ccccc5ccc4c23)cc(N(c2ccc(-c3ccc4c(ccc5ccccc54)c3)cc2)c2ccc(-c3cccc4oc5c6ccccc6ccc5c34)cc2)c1. The smallest absolute Gasteiger partial charge is 0.143 e. The number of furan rings is 2. The lowest BCUT2D eigenvalue weighted by Crippen LogP contribution is -2.10. The van der Waals surface area contributed by atoms with Crippen LogP contribution < -0.4 is 4.90 Å². The van der Waals surface area contributed by atoms with Gasteiger partial charge in [-0.05, 0) is 132 Å². The van der Waals surface area contributed by atoms with Crippen LogP contribution in [0.25, 0.3) is 120 Å². The van der Waals surface area contributed by atoms with E-state index >= 15 is 0 Å². The molecule has 0 bridgehead atoms. The minimum atomic E-state index is 0.882. The molecule has 0 fully saturated rings. The first-order valence-electron chi connectivity index (χ1n) is 22.9. The first kappa shape index (κ1) is 37.5. The zero-order chi connectivity index (χ0) is 44.0. The molecular formula is C64H39NO2. The topological polar surface area (TPSA) is 29.5 Å². The summed E-state index contributed by atoms with van der Waals surface area (Å²) in [6.07, 6.45) is 0. The van der Waals surface area contributed by atoms with Gasteiger partial charge in [0, 0.05) is 49.4 Å². The molecule has 0 saturated carbocycles. The van der Waals surface area contributed by atoms with Crippen molar-refractivity contribution in [1.29, 1.82) is 0 Å². The summed E-state index contributed by atoms with van der Waals surface area (Å²) in [6, 6.07) is 85.3. The Kier molecular flexibility index (Phi) is 8.28. The molecule has 0 aliphatic carbocycles. The highest BCUT2D eigenvalue weighted by Gasteiger charge is 2.20. The Morgan fingerprint density at radius 3 is 1.34 bits per heavy atom. The third-order valence-electron chi connectivity index (χ3n) is 13.8. The van der Waals surface area contributed by atoms with E-state index in [1.54, 1.807) is 0 Å². The Labute approximate surface area is 386 Å². The third kappa shape index (κ3) is 5.99. The Balaban J connectivity index is 0.897. The van der Waals surface area contributed by atoms with Gasteiger partial charge >= 0.3 is 0 Å². The molecule has 312 valence electrons. The fourth-order valence-electron chi connectivity index (χ4n) is 10.6. The molecule has 0 saturated heterocycles. The fourth-order valence-corrected chi connectivity index (χ4v) is 10.6. The van der Waals surface area contributed by atoms with Crippen molar-refractivity contribution in [2.24, 2.45) is 0 Å². The van der Waals surface area contributed by atoms with Crippen molar-refractivity contribution in [3.8, 4) is 33.4 Å². The fraction of sp³-hybridized carbons (Fsp3) is 0. The van der Waals surface area contributed by atoms with Crippen LogP contribution in [-0.4, -0.2) is 0 Å². The van der Waals surface area contributed by atoms with Crippen LogP contribution in [0.4, 0.5) is 17.1 Å². The molecule has 0 unspecified atom stereocenters. The molecule has 0 radical (unpaired) electrons. The standard InChI is InChI=1S/C64H39NO2/c1-4-15-51-41(10-1)22-23-47-38-45(30-35-52(47)51)40-24-31-48(32-25-40)65(49-33-26-44(27-34-49)53-18-8-20-59-61(53)57-36-28-42-11-2-5-16-55(42)63(57)66-59)50-14-7-13-46(39-50)54-19-9-21-60-62(54)58-37-29-43-12-3-6-17-56(43)64(58)67-60/h1-39H. The molecule has 67 heavy (non-hydrogen) atoms. The van der Waals surface area contributed by atoms with E-state index < -0.39 is 0 Å². The maximum Gasteiger partial charge on any atom is 0.143 e. The molecule has 0 N–H and O–H groups in total. The molecule has 3 nitrogen and oxygen atoms in total. The van der Waals surface area contributed by atoms with Gasteiger partial charge in [-0.2, -0.15) is 0 Å². The summed E-state index contributed by atoms with van der Waals surface area (Å²) >= 11 is 0. The van der Waals surface area contributed by atoms with Crippen LogP contribution in [0.2, 0.25) is 0 Å². The van der Waals surface area contributed by atoms with Gasteiger partial charge in [0.25, 0.3) is 0 Å². The van der Waals surface area contributed by atoms with Gasteiger partial charge in [0.05, 0.1) is 0 Å². The number of fused-ring (bicyclic) bond motifs is 13. The predicted octanol–water partition coefficient (Wildman–Crippen LogP) is 18.6. The van der Waals surface area contributed by atoms with Crippen molar-refractivity contribution in [1.82, 2.24) is 0 Å². The normalized spacial score (nSPS) is 11.9. The zero-order valence-electron chi connectivity index (χ0n) is 36.3. The van der Waals surface area contributed by atoms with E-state index in [1.165, 1.54) is 43.4 Å². The summed E-state index contributed by atoms with van der Waals surface area (Å²) in [5.74, 6) is 0. The minimum Gasteiger partial charge on any atom is -0.455 e. The molecule has 3 heteroatoms. The molecule has 2 aromatic heterocycles. The van der Waals surface area contributed by atoms with Gasteiger partial charge < -0.3 is 13.7 Å². The minimum absolute atomic E-state index is 0.882. The van der Waals surface area contributed by atoms with Crippen LogP contribution in [0.5, 0.6) is 0 Å². The summed E-state index contributed by atoms with van der Waals surface area (Å²) in [6.45, 7) is 0. The molecule has 0 spiro atoms. The highest BCUT2D eigenvalue weighted by atomic mass is 16.3. The van der Waals surface area contributed by atoms with Gasteiger partial charge in [0.2, 0.25) is 0 Å². The van der Waals surface area contributed by atoms with Crippen LogP contribution in [0, 0.1) is 0 Å². The van der Waals surface area contributed by atoms with Crippen LogP contribution in [0.3, 0.4) is 0 Å². The van der Waals surface area contributed by atoms with Crippen LogP contribution in [0.15, 0.2) is 245 Å². The number of hydrogen-bond acceptors (Lipinski definition) is 3. The highest BCUT2D eigenvalue weighted by Crippen LogP contribution is 2.44. The van der Waals surface area contributed by atoms with Crippen molar-refractivity contribution in [3.63, 3.8) is 0 Å². The second-order valence-corrected chi connectivity index (χ2v) is 17.6. The Morgan fingerprint density at radius 2 is 0.716 bits per heavy atom. The number of nitrogens with zero attached hydrogens (tertiary/aromatic N) is 1. The van der Waals surface area contributed by atoms with E-state index in [0.29, 0.717) is 0 Å². The highest BCUT2D eigenvalue weighted by molar-refractivity contribution is 6.20. The average Bonchev–Trinajstić information content (AvgIpc) is 3.99. The average molecular weight is 854 g/mol. The number of anilines is 3. The molecule has 0 aliphatic rings. The van der Waals surface area contributed by atoms with Crippen molar-refractivity contribution in [2.45, 2.75) is 0 Å². The van der Waals surface area contributed by atoms with Crippen molar-refractivity contribution in [3.05, 3.63) is 237 Å². The van der Waals surface area contributed by atoms with Gasteiger partial charge in [-0.25, -0.2) is 0 Å². The summed E-state index contributed by atoms with van der Waals surface area (Å²) in [7, 11) is 0. The molecule has 14 aromatic rings. The van der Waals surface area contributed by atoms with E-state index in [2.05, 4.69) is 241 Å². The maximum atomic E-state index is 6.63. The van der Waals surface area contributed by atoms with Crippen molar-refractivity contribution < 1.29 is 8.83 Å². The number of rotatable bonds is 6. The Morgan fingerprint density at radius 1 is 0.254 bits per heavy atom. The van der Waals surface area contributed by atoms with E-state index in [1.807, 2.05) is 0 Å². The predicted molar refractivity (Wildman–Crippen MR) is 282 cm³/mol. The lowest BCUT2D eigenvalue weighted by Gasteiger charge is -2.26. The van der Waals surface area contributed by atoms with E-state index in [9.17, 15) is 0 Å². The van der Waals surface area contributed by atoms with Gasteiger partial charge in [0.15, 0.2) is 0 Å². The van der Waals surface area contributed by atoms with Gasteiger partial charge in [-0.1, -0.05) is 170 Å². The van der Waals surface area contributed by atoms with Crippen LogP contribution >= 0.6 is 0 Å². The van der Waals surface area contributed by atoms with Crippen LogP contribution in [0.1, 0.15) is 0 Å². The largest absolute Gasteiger partial charge is 0.455 e. The van der Waals surface area contributed by atoms with E-state index in [0.717, 1.165) is 94.0 Å². The number of benzene rings is 12. The second kappa shape index (κ2) is 14.8. The summed E-state index contributed by atoms with van der Waals surface area (Å²) in [5.41, 5.74) is 13.7. The molecule has 12 aromatic carbocycles. The zero-order valence-corrected chi connectivity index (χ0v) is 36.3. The molecule has 2 heterocycles. The van der Waals surface area contributed by atoms with E-state index in [4.69, 9.17) is 8.83 Å². The van der Waals surface area contributed by atoms with Crippen LogP contribution in [-0.2, 0) is 0 Å². The second-order valence-electron chi connectivity index (χ2n) is 17.6. The monoisotopic (exact) mass is 853 g/mol. The van der Waals surface area contributed by atoms with E-state index in [-0.39, 0.29) is 0 Å². The number of hydrogen-bond donors (Lipinski definition) is 0.